The molecule has 0 spiro atoms. The van der Waals surface area contributed by atoms with Gasteiger partial charge in [0, 0.05) is 29.8 Å². The molecule has 0 saturated heterocycles. The molecule has 0 bridgehead atoms. The number of carbonyl (C=O) groups is 2. The number of hydrogen-bond acceptors (Lipinski definition) is 4. The van der Waals surface area contributed by atoms with Crippen molar-refractivity contribution < 1.29 is 14.3 Å². The molecule has 1 aromatic carbocycles. The topological polar surface area (TPSA) is 89.0 Å². The SMILES string of the molecule is COCn1cncc1C1=C(c2c[nH]c3ccccc23)C(=O)NC1=O. The molecule has 0 fully saturated rings. The van der Waals surface area contributed by atoms with Gasteiger partial charge in [-0.2, -0.15) is 0 Å². The largest absolute Gasteiger partial charge is 0.364 e. The van der Waals surface area contributed by atoms with E-state index in [1.165, 1.54) is 0 Å². The van der Waals surface area contributed by atoms with Gasteiger partial charge in [-0.15, -0.1) is 0 Å². The molecule has 3 heterocycles. The fourth-order valence-electron chi connectivity index (χ4n) is 3.01. The Bertz CT molecular complexity index is 996. The molecule has 2 aromatic heterocycles. The predicted octanol–water partition coefficient (Wildman–Crippen LogP) is 1.54. The number of carbonyl (C=O) groups excluding carboxylic acids is 2. The molecule has 3 aromatic rings. The van der Waals surface area contributed by atoms with Gasteiger partial charge in [0.05, 0.1) is 29.4 Å². The van der Waals surface area contributed by atoms with E-state index >= 15 is 0 Å². The summed E-state index contributed by atoms with van der Waals surface area (Å²) < 4.78 is 6.81. The van der Waals surface area contributed by atoms with Gasteiger partial charge in [-0.05, 0) is 6.07 Å². The van der Waals surface area contributed by atoms with Crippen LogP contribution in [0, 0.1) is 0 Å². The third kappa shape index (κ3) is 2.06. The van der Waals surface area contributed by atoms with Gasteiger partial charge in [-0.1, -0.05) is 18.2 Å². The third-order valence-electron chi connectivity index (χ3n) is 4.03. The molecule has 120 valence electrons. The number of ether oxygens (including phenoxy) is 1. The van der Waals surface area contributed by atoms with Crippen LogP contribution in [0.5, 0.6) is 0 Å². The van der Waals surface area contributed by atoms with E-state index < -0.39 is 11.8 Å². The van der Waals surface area contributed by atoms with E-state index in [0.717, 1.165) is 10.9 Å². The van der Waals surface area contributed by atoms with Crippen LogP contribution in [0.25, 0.3) is 22.0 Å². The highest BCUT2D eigenvalue weighted by atomic mass is 16.5. The Morgan fingerprint density at radius 1 is 1.17 bits per heavy atom. The first-order chi connectivity index (χ1) is 11.7. The van der Waals surface area contributed by atoms with Crippen molar-refractivity contribution in [3.8, 4) is 0 Å². The summed E-state index contributed by atoms with van der Waals surface area (Å²) in [5.74, 6) is -0.844. The monoisotopic (exact) mass is 322 g/mol. The lowest BCUT2D eigenvalue weighted by Gasteiger charge is -2.07. The number of H-pyrrole nitrogens is 1. The molecule has 0 atom stereocenters. The summed E-state index contributed by atoms with van der Waals surface area (Å²) in [6.07, 6.45) is 4.87. The van der Waals surface area contributed by atoms with E-state index in [0.29, 0.717) is 22.4 Å². The quantitative estimate of drug-likeness (QED) is 0.713. The number of benzene rings is 1. The lowest BCUT2D eigenvalue weighted by molar-refractivity contribution is -0.122. The summed E-state index contributed by atoms with van der Waals surface area (Å²) in [4.78, 5) is 32.0. The van der Waals surface area contributed by atoms with Crippen molar-refractivity contribution in [3.63, 3.8) is 0 Å². The highest BCUT2D eigenvalue weighted by Crippen LogP contribution is 2.34. The van der Waals surface area contributed by atoms with Gasteiger partial charge in [-0.25, -0.2) is 4.98 Å². The molecular formula is C17H14N4O3. The lowest BCUT2D eigenvalue weighted by atomic mass is 9.99. The number of imidazole rings is 1. The number of rotatable bonds is 4. The molecule has 1 aliphatic heterocycles. The first-order valence-electron chi connectivity index (χ1n) is 7.36. The lowest BCUT2D eigenvalue weighted by Crippen LogP contribution is -2.23. The Balaban J connectivity index is 1.98. The number of aromatic nitrogens is 3. The van der Waals surface area contributed by atoms with Gasteiger partial charge in [-0.3, -0.25) is 14.9 Å². The number of para-hydroxylation sites is 1. The van der Waals surface area contributed by atoms with Crippen molar-refractivity contribution in [2.45, 2.75) is 6.73 Å². The van der Waals surface area contributed by atoms with E-state index in [1.54, 1.807) is 30.4 Å². The van der Waals surface area contributed by atoms with Crippen LogP contribution in [0.1, 0.15) is 11.3 Å². The average Bonchev–Trinajstić information content (AvgIpc) is 3.25. The van der Waals surface area contributed by atoms with Crippen molar-refractivity contribution in [1.82, 2.24) is 19.9 Å². The maximum Gasteiger partial charge on any atom is 0.261 e. The molecule has 7 nitrogen and oxygen atoms in total. The number of nitrogens with one attached hydrogen (secondary N) is 2. The smallest absolute Gasteiger partial charge is 0.261 e. The fraction of sp³-hybridized carbons (Fsp3) is 0.118. The van der Waals surface area contributed by atoms with Gasteiger partial charge in [0.15, 0.2) is 0 Å². The second kappa shape index (κ2) is 5.47. The van der Waals surface area contributed by atoms with Gasteiger partial charge in [0.1, 0.15) is 6.73 Å². The van der Waals surface area contributed by atoms with Crippen LogP contribution in [-0.4, -0.2) is 33.5 Å². The summed E-state index contributed by atoms with van der Waals surface area (Å²) in [5.41, 5.74) is 2.78. The van der Waals surface area contributed by atoms with Gasteiger partial charge >= 0.3 is 0 Å². The second-order valence-corrected chi connectivity index (χ2v) is 5.45. The second-order valence-electron chi connectivity index (χ2n) is 5.45. The number of fused-ring (bicyclic) bond motifs is 1. The minimum Gasteiger partial charge on any atom is -0.364 e. The average molecular weight is 322 g/mol. The van der Waals surface area contributed by atoms with E-state index in [4.69, 9.17) is 4.74 Å². The van der Waals surface area contributed by atoms with Crippen LogP contribution >= 0.6 is 0 Å². The summed E-state index contributed by atoms with van der Waals surface area (Å²) in [6, 6.07) is 7.63. The first-order valence-corrected chi connectivity index (χ1v) is 7.36. The molecule has 1 aliphatic rings. The van der Waals surface area contributed by atoms with Crippen LogP contribution in [0.3, 0.4) is 0 Å². The van der Waals surface area contributed by atoms with Crippen LogP contribution in [0.2, 0.25) is 0 Å². The van der Waals surface area contributed by atoms with E-state index in [9.17, 15) is 9.59 Å². The summed E-state index contributed by atoms with van der Waals surface area (Å²) in [6.45, 7) is 0.238. The van der Waals surface area contributed by atoms with Crippen molar-refractivity contribution in [1.29, 1.82) is 0 Å². The zero-order valence-corrected chi connectivity index (χ0v) is 12.9. The fourth-order valence-corrected chi connectivity index (χ4v) is 3.01. The van der Waals surface area contributed by atoms with Crippen molar-refractivity contribution >= 4 is 33.9 Å². The normalized spacial score (nSPS) is 14.7. The Labute approximate surface area is 136 Å². The van der Waals surface area contributed by atoms with Gasteiger partial charge < -0.3 is 14.3 Å². The van der Waals surface area contributed by atoms with Crippen LogP contribution < -0.4 is 5.32 Å². The van der Waals surface area contributed by atoms with E-state index in [2.05, 4.69) is 15.3 Å². The van der Waals surface area contributed by atoms with E-state index in [-0.39, 0.29) is 6.73 Å². The Morgan fingerprint density at radius 2 is 1.96 bits per heavy atom. The molecule has 0 unspecified atom stereocenters. The number of amides is 2. The molecule has 0 saturated carbocycles. The minimum atomic E-state index is -0.432. The first kappa shape index (κ1) is 14.4. The summed E-state index contributed by atoms with van der Waals surface area (Å²) in [7, 11) is 1.55. The number of nitrogens with zero attached hydrogens (tertiary/aromatic N) is 2. The minimum absolute atomic E-state index is 0.238. The van der Waals surface area contributed by atoms with Gasteiger partial charge in [0.2, 0.25) is 0 Å². The maximum absolute atomic E-state index is 12.4. The van der Waals surface area contributed by atoms with Crippen LogP contribution in [0.15, 0.2) is 43.0 Å². The standard InChI is InChI=1S/C17H14N4O3/c1-24-9-21-8-18-7-13(21)15-14(16(22)20-17(15)23)11-6-19-12-5-3-2-4-10(11)12/h2-8,19H,9H2,1H3,(H,20,22,23). The molecular weight excluding hydrogens is 308 g/mol. The predicted molar refractivity (Wildman–Crippen MR) is 87.5 cm³/mol. The Hall–Kier alpha value is -3.19. The Kier molecular flexibility index (Phi) is 3.28. The number of aromatic amines is 1. The molecule has 2 N–H and O–H groups in total. The highest BCUT2D eigenvalue weighted by molar-refractivity contribution is 6.49. The molecule has 24 heavy (non-hydrogen) atoms. The van der Waals surface area contributed by atoms with Crippen LogP contribution in [0.4, 0.5) is 0 Å². The molecule has 2 amide bonds. The molecule has 7 heteroatoms. The number of hydrogen-bond donors (Lipinski definition) is 2. The Morgan fingerprint density at radius 3 is 2.79 bits per heavy atom. The highest BCUT2D eigenvalue weighted by Gasteiger charge is 2.34. The van der Waals surface area contributed by atoms with Crippen molar-refractivity contribution in [2.75, 3.05) is 7.11 Å². The number of imide groups is 1. The summed E-state index contributed by atoms with van der Waals surface area (Å²) >= 11 is 0. The zero-order valence-electron chi connectivity index (χ0n) is 12.9. The maximum atomic E-state index is 12.4. The zero-order chi connectivity index (χ0) is 16.7. The van der Waals surface area contributed by atoms with Crippen LogP contribution in [-0.2, 0) is 21.1 Å². The van der Waals surface area contributed by atoms with Crippen molar-refractivity contribution in [3.05, 3.63) is 54.2 Å². The van der Waals surface area contributed by atoms with Crippen molar-refractivity contribution in [2.24, 2.45) is 0 Å². The molecule has 4 rings (SSSR count). The third-order valence-corrected chi connectivity index (χ3v) is 4.03. The molecule has 0 aliphatic carbocycles. The molecule has 0 radical (unpaired) electrons. The van der Waals surface area contributed by atoms with E-state index in [1.807, 2.05) is 24.3 Å². The van der Waals surface area contributed by atoms with Gasteiger partial charge in [0.25, 0.3) is 11.8 Å². The number of methoxy groups -OCH3 is 1. The summed E-state index contributed by atoms with van der Waals surface area (Å²) in [5, 5.41) is 3.26.